The first-order valence-electron chi connectivity index (χ1n) is 12.7. The number of aliphatic carboxylic acids is 1. The number of carboxylic acids is 1. The lowest BCUT2D eigenvalue weighted by molar-refractivity contribution is -0.203. The largest absolute Gasteiger partial charge is 0.481 e. The Bertz CT molecular complexity index is 649. The fourth-order valence-corrected chi connectivity index (χ4v) is 9.48. The zero-order chi connectivity index (χ0) is 21.8. The average molecular weight is 421 g/mol. The van der Waals surface area contributed by atoms with Gasteiger partial charge in [0, 0.05) is 6.42 Å². The second kappa shape index (κ2) is 8.06. The van der Waals surface area contributed by atoms with E-state index in [1.54, 1.807) is 0 Å². The highest BCUT2D eigenvalue weighted by atomic mass is 16.4. The second-order valence-electron chi connectivity index (χ2n) is 12.0. The molecule has 4 heteroatoms. The molecule has 4 rings (SSSR count). The quantitative estimate of drug-likeness (QED) is 0.577. The van der Waals surface area contributed by atoms with Gasteiger partial charge in [-0.1, -0.05) is 34.1 Å². The fourth-order valence-electron chi connectivity index (χ4n) is 9.48. The van der Waals surface area contributed by atoms with E-state index in [2.05, 4.69) is 27.7 Å². The van der Waals surface area contributed by atoms with Gasteiger partial charge in [-0.2, -0.15) is 0 Å². The Morgan fingerprint density at radius 2 is 1.67 bits per heavy atom. The van der Waals surface area contributed by atoms with Crippen molar-refractivity contribution in [1.29, 1.82) is 0 Å². The van der Waals surface area contributed by atoms with E-state index in [0.717, 1.165) is 32.1 Å². The van der Waals surface area contributed by atoms with Gasteiger partial charge in [-0.05, 0) is 104 Å². The van der Waals surface area contributed by atoms with Gasteiger partial charge in [-0.25, -0.2) is 0 Å². The third kappa shape index (κ3) is 3.36. The number of hydrogen-bond acceptors (Lipinski definition) is 3. The molecule has 3 N–H and O–H groups in total. The van der Waals surface area contributed by atoms with Crippen molar-refractivity contribution < 1.29 is 20.1 Å². The van der Waals surface area contributed by atoms with E-state index in [1.807, 2.05) is 0 Å². The Morgan fingerprint density at radius 3 is 2.33 bits per heavy atom. The van der Waals surface area contributed by atoms with Crippen molar-refractivity contribution in [3.63, 3.8) is 0 Å². The molecule has 4 aliphatic rings. The molecule has 0 amide bonds. The van der Waals surface area contributed by atoms with Gasteiger partial charge >= 0.3 is 5.97 Å². The zero-order valence-electron chi connectivity index (χ0n) is 19.5. The van der Waals surface area contributed by atoms with Crippen LogP contribution >= 0.6 is 0 Å². The maximum absolute atomic E-state index is 11.7. The van der Waals surface area contributed by atoms with Crippen molar-refractivity contribution in [1.82, 2.24) is 0 Å². The highest BCUT2D eigenvalue weighted by Gasteiger charge is 2.64. The molecule has 4 fully saturated rings. The molecule has 0 saturated heterocycles. The van der Waals surface area contributed by atoms with Crippen molar-refractivity contribution in [3.05, 3.63) is 0 Å². The first kappa shape index (κ1) is 22.6. The van der Waals surface area contributed by atoms with Gasteiger partial charge in [0.25, 0.3) is 0 Å². The Labute approximate surface area is 182 Å². The van der Waals surface area contributed by atoms with Gasteiger partial charge in [0.2, 0.25) is 0 Å². The van der Waals surface area contributed by atoms with Gasteiger partial charge in [-0.15, -0.1) is 0 Å². The summed E-state index contributed by atoms with van der Waals surface area (Å²) in [5.74, 6) is 2.58. The van der Waals surface area contributed by atoms with Crippen molar-refractivity contribution in [2.75, 3.05) is 0 Å². The molecule has 0 spiro atoms. The predicted octanol–water partition coefficient (Wildman–Crippen LogP) is 5.11. The molecule has 172 valence electrons. The smallest absolute Gasteiger partial charge is 0.303 e. The molecule has 4 aliphatic carbocycles. The minimum absolute atomic E-state index is 0.194. The Balaban J connectivity index is 1.61. The highest BCUT2D eigenvalue weighted by molar-refractivity contribution is 5.66. The summed E-state index contributed by atoms with van der Waals surface area (Å²) in [6.45, 7) is 9.44. The molecule has 0 aromatic rings. The molecule has 0 heterocycles. The summed E-state index contributed by atoms with van der Waals surface area (Å²) in [5, 5.41) is 31.3. The molecule has 3 unspecified atom stereocenters. The Morgan fingerprint density at radius 1 is 1.00 bits per heavy atom. The number of carboxylic acid groups (broad SMARTS) is 1. The molecule has 4 nitrogen and oxygen atoms in total. The topological polar surface area (TPSA) is 77.8 Å². The van der Waals surface area contributed by atoms with Crippen LogP contribution in [-0.4, -0.2) is 33.5 Å². The molecule has 0 bridgehead atoms. The van der Waals surface area contributed by atoms with Crippen LogP contribution in [-0.2, 0) is 4.79 Å². The first-order valence-corrected chi connectivity index (χ1v) is 12.7. The summed E-state index contributed by atoms with van der Waals surface area (Å²) in [7, 11) is 0. The third-order valence-electron chi connectivity index (χ3n) is 11.0. The monoisotopic (exact) mass is 420 g/mol. The lowest BCUT2D eigenvalue weighted by Gasteiger charge is -2.64. The molecular weight excluding hydrogens is 376 g/mol. The van der Waals surface area contributed by atoms with Gasteiger partial charge in [0.15, 0.2) is 0 Å². The Hall–Kier alpha value is -0.610. The van der Waals surface area contributed by atoms with Crippen molar-refractivity contribution >= 4 is 5.97 Å². The van der Waals surface area contributed by atoms with Crippen LogP contribution < -0.4 is 0 Å². The molecule has 0 aliphatic heterocycles. The summed E-state index contributed by atoms with van der Waals surface area (Å²) >= 11 is 0. The van der Waals surface area contributed by atoms with Gasteiger partial charge in [0.05, 0.1) is 12.2 Å². The minimum Gasteiger partial charge on any atom is -0.481 e. The standard InChI is InChI=1S/C26H44O4/c1-5-17-21-14-16(27)10-12-26(21,4)20-11-13-25(3)18(15(2)6-9-22(28)29)7-8-19(25)23(20)24(17)30/h15-21,23-24,27,30H,5-14H2,1-4H3,(H,28,29)/t15-,16-,17-,18-,19?,20?,21+,23?,24+,25-,26-/m1/s1. The molecular formula is C26H44O4. The van der Waals surface area contributed by atoms with Crippen LogP contribution in [0.1, 0.15) is 91.9 Å². The number of aliphatic hydroxyl groups is 2. The van der Waals surface area contributed by atoms with Crippen molar-refractivity contribution in [2.45, 2.75) is 104 Å². The summed E-state index contributed by atoms with van der Waals surface area (Å²) < 4.78 is 0. The lowest BCUT2D eigenvalue weighted by atomic mass is 9.41. The Kier molecular flexibility index (Phi) is 6.07. The maximum Gasteiger partial charge on any atom is 0.303 e. The van der Waals surface area contributed by atoms with Crippen molar-refractivity contribution in [3.8, 4) is 0 Å². The van der Waals surface area contributed by atoms with Gasteiger partial charge in [-0.3, -0.25) is 4.79 Å². The molecule has 11 atom stereocenters. The van der Waals surface area contributed by atoms with E-state index in [0.29, 0.717) is 41.4 Å². The molecule has 30 heavy (non-hydrogen) atoms. The van der Waals surface area contributed by atoms with Crippen LogP contribution in [0.2, 0.25) is 0 Å². The highest BCUT2D eigenvalue weighted by Crippen LogP contribution is 2.69. The molecule has 0 aromatic heterocycles. The maximum atomic E-state index is 11.7. The number of rotatable bonds is 5. The van der Waals surface area contributed by atoms with E-state index >= 15 is 0 Å². The summed E-state index contributed by atoms with van der Waals surface area (Å²) in [5.41, 5.74) is 0.480. The summed E-state index contributed by atoms with van der Waals surface area (Å²) in [6.07, 6.45) is 9.27. The lowest BCUT2D eigenvalue weighted by Crippen LogP contribution is -2.62. The van der Waals surface area contributed by atoms with E-state index in [9.17, 15) is 15.0 Å². The predicted molar refractivity (Wildman–Crippen MR) is 118 cm³/mol. The van der Waals surface area contributed by atoms with Crippen LogP contribution in [0.5, 0.6) is 0 Å². The van der Waals surface area contributed by atoms with Crippen molar-refractivity contribution in [2.24, 2.45) is 52.3 Å². The number of aliphatic hydroxyl groups excluding tert-OH is 2. The van der Waals surface area contributed by atoms with Crippen LogP contribution in [0, 0.1) is 52.3 Å². The minimum atomic E-state index is -0.683. The average Bonchev–Trinajstić information content (AvgIpc) is 3.05. The van der Waals surface area contributed by atoms with Gasteiger partial charge in [0.1, 0.15) is 0 Å². The third-order valence-corrected chi connectivity index (χ3v) is 11.0. The molecule has 4 saturated carbocycles. The van der Waals surface area contributed by atoms with Crippen LogP contribution in [0.3, 0.4) is 0 Å². The normalized spacial score (nSPS) is 51.5. The summed E-state index contributed by atoms with van der Waals surface area (Å²) in [4.78, 5) is 11.1. The van der Waals surface area contributed by atoms with Crippen LogP contribution in [0.4, 0.5) is 0 Å². The molecule has 0 radical (unpaired) electrons. The van der Waals surface area contributed by atoms with E-state index in [1.165, 1.54) is 25.7 Å². The van der Waals surface area contributed by atoms with E-state index < -0.39 is 5.97 Å². The van der Waals surface area contributed by atoms with Gasteiger partial charge < -0.3 is 15.3 Å². The number of hydrogen-bond donors (Lipinski definition) is 3. The van der Waals surface area contributed by atoms with E-state index in [-0.39, 0.29) is 29.5 Å². The number of carbonyl (C=O) groups is 1. The number of fused-ring (bicyclic) bond motifs is 5. The van der Waals surface area contributed by atoms with Crippen LogP contribution in [0.25, 0.3) is 0 Å². The van der Waals surface area contributed by atoms with Crippen LogP contribution in [0.15, 0.2) is 0 Å². The second-order valence-corrected chi connectivity index (χ2v) is 12.0. The fraction of sp³-hybridized carbons (Fsp3) is 0.962. The SMILES string of the molecule is CC[C@H]1[C@H](O)C2C3CC[C@H]([C@H](C)CCC(=O)O)[C@@]3(C)CCC2[C@@]2(C)CC[C@@H](O)C[C@@H]12. The molecule has 0 aromatic carbocycles. The first-order chi connectivity index (χ1) is 14.1. The zero-order valence-corrected chi connectivity index (χ0v) is 19.5. The van der Waals surface area contributed by atoms with E-state index in [4.69, 9.17) is 5.11 Å². The summed E-state index contributed by atoms with van der Waals surface area (Å²) in [6, 6.07) is 0.